The second kappa shape index (κ2) is 10.1. The van der Waals surface area contributed by atoms with E-state index in [0.29, 0.717) is 17.9 Å². The molecule has 0 aliphatic carbocycles. The summed E-state index contributed by atoms with van der Waals surface area (Å²) in [5.41, 5.74) is 0.801. The van der Waals surface area contributed by atoms with Crippen molar-refractivity contribution in [1.29, 1.82) is 0 Å². The van der Waals surface area contributed by atoms with Gasteiger partial charge in [0.1, 0.15) is 0 Å². The molecule has 1 aromatic rings. The van der Waals surface area contributed by atoms with E-state index in [9.17, 15) is 9.59 Å². The molecule has 2 fully saturated rings. The summed E-state index contributed by atoms with van der Waals surface area (Å²) in [6, 6.07) is 7.28. The number of ether oxygens (including phenoxy) is 1. The summed E-state index contributed by atoms with van der Waals surface area (Å²) < 4.78 is 5.34. The number of carbonyl (C=O) groups is 2. The Kier molecular flexibility index (Phi) is 8.07. The lowest BCUT2D eigenvalue weighted by Crippen LogP contribution is -2.47. The minimum absolute atomic E-state index is 0. The molecule has 6 nitrogen and oxygen atoms in total. The first kappa shape index (κ1) is 21.7. The van der Waals surface area contributed by atoms with E-state index in [2.05, 4.69) is 10.6 Å². The largest absolute Gasteiger partial charge is 0.384 e. The lowest BCUT2D eigenvalue weighted by molar-refractivity contribution is -0.130. The van der Waals surface area contributed by atoms with Crippen LogP contribution < -0.4 is 10.6 Å². The Labute approximate surface area is 167 Å². The molecule has 2 saturated heterocycles. The van der Waals surface area contributed by atoms with Crippen LogP contribution in [-0.2, 0) is 9.53 Å². The van der Waals surface area contributed by atoms with Gasteiger partial charge >= 0.3 is 0 Å². The van der Waals surface area contributed by atoms with Crippen LogP contribution in [0.2, 0.25) is 0 Å². The van der Waals surface area contributed by atoms with Gasteiger partial charge in [-0.1, -0.05) is 6.07 Å². The van der Waals surface area contributed by atoms with Crippen LogP contribution in [0.3, 0.4) is 0 Å². The summed E-state index contributed by atoms with van der Waals surface area (Å²) in [5, 5.41) is 6.31. The van der Waals surface area contributed by atoms with E-state index in [0.717, 1.165) is 51.9 Å². The number of anilines is 1. The minimum Gasteiger partial charge on any atom is -0.384 e. The van der Waals surface area contributed by atoms with Gasteiger partial charge in [-0.05, 0) is 63.4 Å². The molecule has 0 saturated carbocycles. The maximum atomic E-state index is 12.9. The summed E-state index contributed by atoms with van der Waals surface area (Å²) in [6.45, 7) is 3.67. The first-order valence-corrected chi connectivity index (χ1v) is 9.55. The number of methoxy groups -OCH3 is 1. The number of benzene rings is 1. The highest BCUT2D eigenvalue weighted by molar-refractivity contribution is 5.99. The van der Waals surface area contributed by atoms with E-state index < -0.39 is 5.41 Å². The fourth-order valence-corrected chi connectivity index (χ4v) is 3.89. The first-order valence-electron chi connectivity index (χ1n) is 9.55. The maximum absolute atomic E-state index is 12.9. The van der Waals surface area contributed by atoms with Crippen molar-refractivity contribution >= 4 is 29.9 Å². The third-order valence-electron chi connectivity index (χ3n) is 5.47. The van der Waals surface area contributed by atoms with Crippen LogP contribution in [0.5, 0.6) is 0 Å². The molecule has 2 aliphatic heterocycles. The van der Waals surface area contributed by atoms with Crippen molar-refractivity contribution in [2.75, 3.05) is 45.2 Å². The van der Waals surface area contributed by atoms with Crippen LogP contribution in [0.1, 0.15) is 42.5 Å². The van der Waals surface area contributed by atoms with Gasteiger partial charge in [0.2, 0.25) is 5.91 Å². The topological polar surface area (TPSA) is 70.7 Å². The Morgan fingerprint density at radius 2 is 1.89 bits per heavy atom. The van der Waals surface area contributed by atoms with Crippen molar-refractivity contribution in [3.63, 3.8) is 0 Å². The number of likely N-dealkylation sites (tertiary alicyclic amines) is 1. The van der Waals surface area contributed by atoms with Crippen molar-refractivity contribution in [1.82, 2.24) is 10.2 Å². The molecule has 27 heavy (non-hydrogen) atoms. The second-order valence-electron chi connectivity index (χ2n) is 7.35. The molecule has 3 rings (SSSR count). The number of halogens is 1. The smallest absolute Gasteiger partial charge is 0.253 e. The van der Waals surface area contributed by atoms with Crippen molar-refractivity contribution in [2.45, 2.75) is 32.1 Å². The SMILES string of the molecule is COCC1(C(=O)Nc2cccc(C(=O)N3CCCCC3)c2)CCNCC1.Cl. The van der Waals surface area contributed by atoms with Gasteiger partial charge in [-0.15, -0.1) is 12.4 Å². The van der Waals surface area contributed by atoms with Crippen molar-refractivity contribution in [3.05, 3.63) is 29.8 Å². The van der Waals surface area contributed by atoms with Crippen LogP contribution in [0.15, 0.2) is 24.3 Å². The Balaban J connectivity index is 0.00000261. The third kappa shape index (κ3) is 5.21. The molecular formula is C20H30ClN3O3. The average molecular weight is 396 g/mol. The number of hydrogen-bond acceptors (Lipinski definition) is 4. The van der Waals surface area contributed by atoms with Gasteiger partial charge in [0.05, 0.1) is 12.0 Å². The highest BCUT2D eigenvalue weighted by Gasteiger charge is 2.39. The Hall–Kier alpha value is -1.63. The normalized spacial score (nSPS) is 19.1. The Morgan fingerprint density at radius 3 is 2.56 bits per heavy atom. The van der Waals surface area contributed by atoms with Gasteiger partial charge in [0, 0.05) is 31.5 Å². The van der Waals surface area contributed by atoms with Crippen molar-refractivity contribution in [2.24, 2.45) is 5.41 Å². The highest BCUT2D eigenvalue weighted by atomic mass is 35.5. The predicted octanol–water partition coefficient (Wildman–Crippen LogP) is 2.69. The molecule has 7 heteroatoms. The Bertz CT molecular complexity index is 636. The third-order valence-corrected chi connectivity index (χ3v) is 5.47. The Morgan fingerprint density at radius 1 is 1.19 bits per heavy atom. The van der Waals surface area contributed by atoms with Crippen LogP contribution in [-0.4, -0.2) is 56.6 Å². The summed E-state index contributed by atoms with van der Waals surface area (Å²) >= 11 is 0. The molecule has 2 aliphatic rings. The molecule has 0 atom stereocenters. The molecule has 150 valence electrons. The fraction of sp³-hybridized carbons (Fsp3) is 0.600. The summed E-state index contributed by atoms with van der Waals surface area (Å²) in [4.78, 5) is 27.5. The summed E-state index contributed by atoms with van der Waals surface area (Å²) in [7, 11) is 1.63. The van der Waals surface area contributed by atoms with E-state index in [1.807, 2.05) is 23.1 Å². The number of nitrogens with zero attached hydrogens (tertiary/aromatic N) is 1. The zero-order valence-corrected chi connectivity index (χ0v) is 16.8. The molecule has 0 aromatic heterocycles. The fourth-order valence-electron chi connectivity index (χ4n) is 3.89. The van der Waals surface area contributed by atoms with Gasteiger partial charge in [0.15, 0.2) is 0 Å². The number of piperidine rings is 2. The van der Waals surface area contributed by atoms with E-state index >= 15 is 0 Å². The molecule has 0 unspecified atom stereocenters. The lowest BCUT2D eigenvalue weighted by atomic mass is 9.78. The van der Waals surface area contributed by atoms with Crippen molar-refractivity contribution in [3.8, 4) is 0 Å². The van der Waals surface area contributed by atoms with E-state index in [1.165, 1.54) is 6.42 Å². The monoisotopic (exact) mass is 395 g/mol. The highest BCUT2D eigenvalue weighted by Crippen LogP contribution is 2.31. The molecule has 2 heterocycles. The zero-order chi connectivity index (χ0) is 18.4. The summed E-state index contributed by atoms with van der Waals surface area (Å²) in [6.07, 6.45) is 4.82. The predicted molar refractivity (Wildman–Crippen MR) is 108 cm³/mol. The van der Waals surface area contributed by atoms with Gasteiger partial charge in [-0.3, -0.25) is 9.59 Å². The van der Waals surface area contributed by atoms with Crippen LogP contribution >= 0.6 is 12.4 Å². The molecule has 2 N–H and O–H groups in total. The van der Waals surface area contributed by atoms with Gasteiger partial charge < -0.3 is 20.3 Å². The molecule has 0 bridgehead atoms. The number of hydrogen-bond donors (Lipinski definition) is 2. The van der Waals surface area contributed by atoms with Crippen LogP contribution in [0.4, 0.5) is 5.69 Å². The van der Waals surface area contributed by atoms with Gasteiger partial charge in [-0.25, -0.2) is 0 Å². The molecule has 1 aromatic carbocycles. The number of nitrogens with one attached hydrogen (secondary N) is 2. The van der Waals surface area contributed by atoms with Crippen molar-refractivity contribution < 1.29 is 14.3 Å². The second-order valence-corrected chi connectivity index (χ2v) is 7.35. The summed E-state index contributed by atoms with van der Waals surface area (Å²) in [5.74, 6) is 0.0256. The van der Waals surface area contributed by atoms with Gasteiger partial charge in [0.25, 0.3) is 5.91 Å². The van der Waals surface area contributed by atoms with E-state index in [4.69, 9.17) is 4.74 Å². The standard InChI is InChI=1S/C20H29N3O3.ClH/c1-26-15-20(8-10-21-11-9-20)19(25)22-17-7-5-6-16(14-17)18(24)23-12-3-2-4-13-23;/h5-7,14,21H,2-4,8-13,15H2,1H3,(H,22,25);1H. The molecule has 0 spiro atoms. The van der Waals surface area contributed by atoms with E-state index in [-0.39, 0.29) is 24.2 Å². The number of amides is 2. The maximum Gasteiger partial charge on any atom is 0.253 e. The quantitative estimate of drug-likeness (QED) is 0.804. The zero-order valence-electron chi connectivity index (χ0n) is 16.0. The molecular weight excluding hydrogens is 366 g/mol. The van der Waals surface area contributed by atoms with Gasteiger partial charge in [-0.2, -0.15) is 0 Å². The lowest BCUT2D eigenvalue weighted by Gasteiger charge is -2.35. The number of rotatable bonds is 5. The average Bonchev–Trinajstić information content (AvgIpc) is 2.69. The first-order chi connectivity index (χ1) is 12.6. The van der Waals surface area contributed by atoms with E-state index in [1.54, 1.807) is 13.2 Å². The van der Waals surface area contributed by atoms with Crippen LogP contribution in [0, 0.1) is 5.41 Å². The molecule has 2 amide bonds. The molecule has 0 radical (unpaired) electrons. The number of carbonyl (C=O) groups excluding carboxylic acids is 2. The van der Waals surface area contributed by atoms with Crippen LogP contribution in [0.25, 0.3) is 0 Å². The minimum atomic E-state index is -0.507.